The monoisotopic (exact) mass is 353 g/mol. The number of fused-ring (bicyclic) bond motifs is 1. The Morgan fingerprint density at radius 1 is 1.09 bits per heavy atom. The maximum Gasteiger partial charge on any atom is 0.253 e. The molecule has 0 bridgehead atoms. The van der Waals surface area contributed by atoms with Crippen molar-refractivity contribution in [1.82, 2.24) is 14.7 Å². The van der Waals surface area contributed by atoms with Crippen LogP contribution >= 0.6 is 34.8 Å². The number of carbonyl (C=O) groups is 1. The van der Waals surface area contributed by atoms with Crippen molar-refractivity contribution in [3.63, 3.8) is 0 Å². The van der Waals surface area contributed by atoms with Crippen molar-refractivity contribution in [3.05, 3.63) is 69.1 Å². The minimum absolute atomic E-state index is 0.281. The van der Waals surface area contributed by atoms with Gasteiger partial charge in [0, 0.05) is 17.4 Å². The second-order valence-corrected chi connectivity index (χ2v) is 5.93. The number of benzene rings is 1. The van der Waals surface area contributed by atoms with Crippen molar-refractivity contribution in [2.75, 3.05) is 0 Å². The molecule has 1 amide bonds. The summed E-state index contributed by atoms with van der Waals surface area (Å²) in [5, 5.41) is 4.19. The topological polar surface area (TPSA) is 46.4 Å². The molecule has 2 heterocycles. The number of carbonyl (C=O) groups excluding carboxylic acids is 1. The van der Waals surface area contributed by atoms with Gasteiger partial charge in [0.15, 0.2) is 0 Å². The average molecular weight is 355 g/mol. The highest BCUT2D eigenvalue weighted by atomic mass is 35.5. The third-order valence-electron chi connectivity index (χ3n) is 3.07. The van der Waals surface area contributed by atoms with Crippen LogP contribution in [0.25, 0.3) is 5.65 Å². The minimum atomic E-state index is -0.281. The molecule has 22 heavy (non-hydrogen) atoms. The Hall–Kier alpha value is -1.75. The number of hydrogen-bond donors (Lipinski definition) is 1. The quantitative estimate of drug-likeness (QED) is 0.765. The summed E-state index contributed by atoms with van der Waals surface area (Å²) < 4.78 is 1.80. The first-order chi connectivity index (χ1) is 10.5. The largest absolute Gasteiger partial charge is 0.346 e. The molecular formula is C15H10Cl3N3O. The van der Waals surface area contributed by atoms with Crippen LogP contribution in [0, 0.1) is 0 Å². The normalized spacial score (nSPS) is 10.9. The lowest BCUT2D eigenvalue weighted by Crippen LogP contribution is -2.23. The zero-order valence-corrected chi connectivity index (χ0v) is 13.5. The van der Waals surface area contributed by atoms with Crippen LogP contribution in [0.2, 0.25) is 15.1 Å². The molecule has 1 N–H and O–H groups in total. The van der Waals surface area contributed by atoms with Gasteiger partial charge < -0.3 is 9.72 Å². The van der Waals surface area contributed by atoms with Gasteiger partial charge in [-0.2, -0.15) is 0 Å². The van der Waals surface area contributed by atoms with Crippen molar-refractivity contribution in [2.45, 2.75) is 6.54 Å². The molecule has 0 spiro atoms. The van der Waals surface area contributed by atoms with Gasteiger partial charge in [-0.3, -0.25) is 4.79 Å². The second kappa shape index (κ2) is 6.16. The number of hydrogen-bond acceptors (Lipinski definition) is 2. The number of amides is 1. The zero-order valence-electron chi connectivity index (χ0n) is 11.2. The third-order valence-corrected chi connectivity index (χ3v) is 3.84. The number of imidazole rings is 1. The minimum Gasteiger partial charge on any atom is -0.346 e. The van der Waals surface area contributed by atoms with Crippen LogP contribution in [0.4, 0.5) is 0 Å². The van der Waals surface area contributed by atoms with E-state index in [9.17, 15) is 4.79 Å². The maximum atomic E-state index is 12.1. The molecule has 0 unspecified atom stereocenters. The van der Waals surface area contributed by atoms with E-state index < -0.39 is 0 Å². The Labute approximate surface area is 141 Å². The Bertz CT molecular complexity index is 860. The Kier molecular flexibility index (Phi) is 4.25. The summed E-state index contributed by atoms with van der Waals surface area (Å²) in [5.41, 5.74) is 1.86. The highest BCUT2D eigenvalue weighted by Gasteiger charge is 2.11. The van der Waals surface area contributed by atoms with E-state index in [1.807, 2.05) is 12.3 Å². The fourth-order valence-corrected chi connectivity index (χ4v) is 2.70. The number of pyridine rings is 1. The smallest absolute Gasteiger partial charge is 0.253 e. The fourth-order valence-electron chi connectivity index (χ4n) is 2.04. The number of aromatic nitrogens is 2. The van der Waals surface area contributed by atoms with Gasteiger partial charge in [-0.1, -0.05) is 34.8 Å². The molecule has 3 rings (SSSR count). The Balaban J connectivity index is 1.74. The molecule has 4 nitrogen and oxygen atoms in total. The summed E-state index contributed by atoms with van der Waals surface area (Å²) in [7, 11) is 0. The Morgan fingerprint density at radius 3 is 2.64 bits per heavy atom. The lowest BCUT2D eigenvalue weighted by atomic mass is 10.2. The molecule has 0 fully saturated rings. The van der Waals surface area contributed by atoms with Gasteiger partial charge in [0.1, 0.15) is 5.65 Å². The summed E-state index contributed by atoms with van der Waals surface area (Å²) in [4.78, 5) is 16.5. The molecule has 1 aromatic carbocycles. The second-order valence-electron chi connectivity index (χ2n) is 4.65. The first-order valence-electron chi connectivity index (χ1n) is 6.39. The van der Waals surface area contributed by atoms with Crippen LogP contribution in [-0.2, 0) is 6.54 Å². The van der Waals surface area contributed by atoms with E-state index in [1.54, 1.807) is 28.8 Å². The van der Waals surface area contributed by atoms with E-state index in [-0.39, 0.29) is 12.5 Å². The predicted octanol–water partition coefficient (Wildman–Crippen LogP) is 4.22. The standard InChI is InChI=1S/C15H10Cl3N3O/c16-9-1-3-12(13(18)5-9)15(22)19-6-11-8-21-7-10(17)2-4-14(21)20-11/h1-5,7-8H,6H2,(H,19,22). The highest BCUT2D eigenvalue weighted by molar-refractivity contribution is 6.36. The van der Waals surface area contributed by atoms with Gasteiger partial charge in [-0.25, -0.2) is 4.98 Å². The number of nitrogens with zero attached hydrogens (tertiary/aromatic N) is 2. The van der Waals surface area contributed by atoms with E-state index in [0.29, 0.717) is 20.6 Å². The van der Waals surface area contributed by atoms with Crippen LogP contribution in [-0.4, -0.2) is 15.3 Å². The van der Waals surface area contributed by atoms with Crippen LogP contribution in [0.5, 0.6) is 0 Å². The summed E-state index contributed by atoms with van der Waals surface area (Å²) in [6.45, 7) is 0.289. The summed E-state index contributed by atoms with van der Waals surface area (Å²) in [6.07, 6.45) is 3.57. The molecule has 0 saturated carbocycles. The summed E-state index contributed by atoms with van der Waals surface area (Å²) >= 11 is 17.7. The molecule has 0 atom stereocenters. The molecule has 0 aliphatic rings. The van der Waals surface area contributed by atoms with E-state index >= 15 is 0 Å². The van der Waals surface area contributed by atoms with Crippen LogP contribution in [0.1, 0.15) is 16.1 Å². The molecule has 7 heteroatoms. The molecule has 0 aliphatic heterocycles. The molecule has 0 radical (unpaired) electrons. The van der Waals surface area contributed by atoms with Crippen LogP contribution < -0.4 is 5.32 Å². The van der Waals surface area contributed by atoms with Crippen molar-refractivity contribution in [3.8, 4) is 0 Å². The van der Waals surface area contributed by atoms with Gasteiger partial charge in [-0.05, 0) is 30.3 Å². The molecular weight excluding hydrogens is 345 g/mol. The SMILES string of the molecule is O=C(NCc1cn2cc(Cl)ccc2n1)c1ccc(Cl)cc1Cl. The number of nitrogens with one attached hydrogen (secondary N) is 1. The van der Waals surface area contributed by atoms with Crippen molar-refractivity contribution < 1.29 is 4.79 Å². The molecule has 0 aliphatic carbocycles. The van der Waals surface area contributed by atoms with E-state index in [1.165, 1.54) is 6.07 Å². The number of rotatable bonds is 3. The summed E-state index contributed by atoms with van der Waals surface area (Å²) in [6, 6.07) is 8.31. The zero-order chi connectivity index (χ0) is 15.7. The first-order valence-corrected chi connectivity index (χ1v) is 7.53. The van der Waals surface area contributed by atoms with E-state index in [2.05, 4.69) is 10.3 Å². The average Bonchev–Trinajstić information content (AvgIpc) is 2.86. The molecule has 112 valence electrons. The first kappa shape index (κ1) is 15.2. The summed E-state index contributed by atoms with van der Waals surface area (Å²) in [5.74, 6) is -0.281. The van der Waals surface area contributed by atoms with Crippen LogP contribution in [0.15, 0.2) is 42.7 Å². The van der Waals surface area contributed by atoms with Gasteiger partial charge in [0.25, 0.3) is 5.91 Å². The Morgan fingerprint density at radius 2 is 1.86 bits per heavy atom. The van der Waals surface area contributed by atoms with Crippen molar-refractivity contribution in [1.29, 1.82) is 0 Å². The van der Waals surface area contributed by atoms with Gasteiger partial charge in [0.05, 0.1) is 27.8 Å². The van der Waals surface area contributed by atoms with Crippen molar-refractivity contribution >= 4 is 46.4 Å². The molecule has 0 saturated heterocycles. The fraction of sp³-hybridized carbons (Fsp3) is 0.0667. The lowest BCUT2D eigenvalue weighted by molar-refractivity contribution is 0.0950. The number of halogens is 3. The lowest BCUT2D eigenvalue weighted by Gasteiger charge is -2.05. The van der Waals surface area contributed by atoms with Gasteiger partial charge in [-0.15, -0.1) is 0 Å². The highest BCUT2D eigenvalue weighted by Crippen LogP contribution is 2.21. The van der Waals surface area contributed by atoms with Gasteiger partial charge in [0.2, 0.25) is 0 Å². The maximum absolute atomic E-state index is 12.1. The molecule has 3 aromatic rings. The van der Waals surface area contributed by atoms with Crippen LogP contribution in [0.3, 0.4) is 0 Å². The van der Waals surface area contributed by atoms with E-state index in [4.69, 9.17) is 34.8 Å². The van der Waals surface area contributed by atoms with Gasteiger partial charge >= 0.3 is 0 Å². The molecule has 2 aromatic heterocycles. The predicted molar refractivity (Wildman–Crippen MR) is 87.8 cm³/mol. The van der Waals surface area contributed by atoms with Crippen molar-refractivity contribution in [2.24, 2.45) is 0 Å². The third kappa shape index (κ3) is 3.19. The van der Waals surface area contributed by atoms with E-state index in [0.717, 1.165) is 11.3 Å².